The molecule has 4 fully saturated rings. The van der Waals surface area contributed by atoms with Crippen molar-refractivity contribution in [2.75, 3.05) is 52.4 Å². The van der Waals surface area contributed by atoms with Gasteiger partial charge in [-0.2, -0.15) is 4.98 Å². The van der Waals surface area contributed by atoms with Crippen molar-refractivity contribution in [3.63, 3.8) is 0 Å². The molecule has 2 atom stereocenters. The second-order valence-corrected chi connectivity index (χ2v) is 5.41. The first-order valence-corrected chi connectivity index (χ1v) is 7.02. The largest absolute Gasteiger partial charge is 0.366 e. The number of piperazine rings is 3. The van der Waals surface area contributed by atoms with Crippen LogP contribution in [0.5, 0.6) is 0 Å². The van der Waals surface area contributed by atoms with E-state index < -0.39 is 0 Å². The van der Waals surface area contributed by atoms with E-state index in [2.05, 4.69) is 25.3 Å². The molecule has 1 N–H and O–H groups in total. The molecule has 104 valence electrons. The fourth-order valence-electron chi connectivity index (χ4n) is 3.10. The standard InChI is InChI=1S/C12H19N5O2/c1-6-18-10(7-13-1)12-14-11(15-19-12)9-8-16-2-4-17(9)5-3-16/h9-10,13H,1-8H2. The van der Waals surface area contributed by atoms with Gasteiger partial charge in [-0.15, -0.1) is 0 Å². The van der Waals surface area contributed by atoms with E-state index in [-0.39, 0.29) is 12.1 Å². The predicted octanol–water partition coefficient (Wildman–Crippen LogP) is -0.597. The van der Waals surface area contributed by atoms with Crippen LogP contribution in [0.4, 0.5) is 0 Å². The Hall–Kier alpha value is -1.02. The van der Waals surface area contributed by atoms with Gasteiger partial charge in [0.1, 0.15) is 6.10 Å². The molecule has 5 heterocycles. The quantitative estimate of drug-likeness (QED) is 0.766. The number of rotatable bonds is 2. The molecular formula is C12H19N5O2. The van der Waals surface area contributed by atoms with Crippen LogP contribution < -0.4 is 5.32 Å². The summed E-state index contributed by atoms with van der Waals surface area (Å²) in [5, 5.41) is 7.45. The summed E-state index contributed by atoms with van der Waals surface area (Å²) in [5.74, 6) is 1.42. The van der Waals surface area contributed by atoms with E-state index in [1.165, 1.54) is 0 Å². The first-order valence-electron chi connectivity index (χ1n) is 7.02. The van der Waals surface area contributed by atoms with Crippen LogP contribution in [0.1, 0.15) is 23.9 Å². The zero-order chi connectivity index (χ0) is 12.7. The molecule has 0 amide bonds. The van der Waals surface area contributed by atoms with E-state index in [1.807, 2.05) is 0 Å². The van der Waals surface area contributed by atoms with Crippen LogP contribution in [0.2, 0.25) is 0 Å². The average molecular weight is 265 g/mol. The Balaban J connectivity index is 1.51. The number of morpholine rings is 1. The summed E-state index contributed by atoms with van der Waals surface area (Å²) in [6.07, 6.45) is -0.0916. The molecule has 4 aliphatic rings. The summed E-state index contributed by atoms with van der Waals surface area (Å²) < 4.78 is 11.0. The number of hydrogen-bond acceptors (Lipinski definition) is 7. The molecule has 0 spiro atoms. The lowest BCUT2D eigenvalue weighted by Crippen LogP contribution is -2.57. The van der Waals surface area contributed by atoms with Gasteiger partial charge in [0.05, 0.1) is 12.6 Å². The van der Waals surface area contributed by atoms with E-state index in [0.29, 0.717) is 12.5 Å². The fourth-order valence-corrected chi connectivity index (χ4v) is 3.10. The molecule has 7 nitrogen and oxygen atoms in total. The van der Waals surface area contributed by atoms with Gasteiger partial charge >= 0.3 is 0 Å². The highest BCUT2D eigenvalue weighted by atomic mass is 16.5. The van der Waals surface area contributed by atoms with Crippen LogP contribution in [0.15, 0.2) is 4.52 Å². The number of aromatic nitrogens is 2. The van der Waals surface area contributed by atoms with Gasteiger partial charge in [0.15, 0.2) is 5.82 Å². The van der Waals surface area contributed by atoms with Crippen LogP contribution in [0.25, 0.3) is 0 Å². The van der Waals surface area contributed by atoms with Crippen molar-refractivity contribution >= 4 is 0 Å². The second-order valence-electron chi connectivity index (χ2n) is 5.41. The first kappa shape index (κ1) is 11.8. The Kier molecular flexibility index (Phi) is 2.99. The molecule has 2 bridgehead atoms. The van der Waals surface area contributed by atoms with Gasteiger partial charge in [-0.25, -0.2) is 0 Å². The van der Waals surface area contributed by atoms with Crippen LogP contribution in [-0.4, -0.2) is 72.4 Å². The second kappa shape index (κ2) is 4.82. The van der Waals surface area contributed by atoms with Gasteiger partial charge in [0.25, 0.3) is 5.89 Å². The Morgan fingerprint density at radius 2 is 2.11 bits per heavy atom. The van der Waals surface area contributed by atoms with E-state index in [1.54, 1.807) is 0 Å². The smallest absolute Gasteiger partial charge is 0.257 e. The summed E-state index contributed by atoms with van der Waals surface area (Å²) >= 11 is 0. The summed E-state index contributed by atoms with van der Waals surface area (Å²) in [6, 6.07) is 0.288. The summed E-state index contributed by atoms with van der Waals surface area (Å²) in [4.78, 5) is 9.49. The molecule has 4 saturated heterocycles. The third-order valence-electron chi connectivity index (χ3n) is 4.24. The highest BCUT2D eigenvalue weighted by Crippen LogP contribution is 2.28. The lowest BCUT2D eigenvalue weighted by Gasteiger charge is -2.46. The van der Waals surface area contributed by atoms with Gasteiger partial charge < -0.3 is 14.6 Å². The van der Waals surface area contributed by atoms with E-state index in [9.17, 15) is 0 Å². The highest BCUT2D eigenvalue weighted by Gasteiger charge is 2.36. The van der Waals surface area contributed by atoms with Crippen LogP contribution in [-0.2, 0) is 4.74 Å². The Morgan fingerprint density at radius 1 is 1.21 bits per heavy atom. The highest BCUT2D eigenvalue weighted by molar-refractivity contribution is 5.03. The average Bonchev–Trinajstić information content (AvgIpc) is 2.99. The van der Waals surface area contributed by atoms with Crippen molar-refractivity contribution in [2.24, 2.45) is 0 Å². The minimum absolute atomic E-state index is 0.0916. The predicted molar refractivity (Wildman–Crippen MR) is 66.6 cm³/mol. The summed E-state index contributed by atoms with van der Waals surface area (Å²) in [5.41, 5.74) is 0. The maximum Gasteiger partial charge on any atom is 0.257 e. The monoisotopic (exact) mass is 265 g/mol. The molecule has 0 radical (unpaired) electrons. The fraction of sp³-hybridized carbons (Fsp3) is 0.833. The van der Waals surface area contributed by atoms with Crippen molar-refractivity contribution in [1.82, 2.24) is 25.3 Å². The Morgan fingerprint density at radius 3 is 2.79 bits per heavy atom. The molecule has 19 heavy (non-hydrogen) atoms. The van der Waals surface area contributed by atoms with Crippen LogP contribution in [0, 0.1) is 0 Å². The van der Waals surface area contributed by atoms with Gasteiger partial charge in [-0.05, 0) is 0 Å². The van der Waals surface area contributed by atoms with Crippen molar-refractivity contribution in [3.8, 4) is 0 Å². The number of ether oxygens (including phenoxy) is 1. The molecule has 0 saturated carbocycles. The van der Waals surface area contributed by atoms with Crippen LogP contribution >= 0.6 is 0 Å². The van der Waals surface area contributed by atoms with Gasteiger partial charge in [-0.3, -0.25) is 9.80 Å². The molecule has 5 rings (SSSR count). The number of fused-ring (bicyclic) bond motifs is 3. The minimum atomic E-state index is -0.0916. The van der Waals surface area contributed by atoms with Crippen molar-refractivity contribution in [2.45, 2.75) is 12.1 Å². The van der Waals surface area contributed by atoms with Crippen LogP contribution in [0.3, 0.4) is 0 Å². The van der Waals surface area contributed by atoms with Crippen molar-refractivity contribution < 1.29 is 9.26 Å². The molecule has 7 heteroatoms. The molecule has 2 unspecified atom stereocenters. The SMILES string of the molecule is C1COC(c2nc(C3CN4CCN3CC4)no2)CN1. The summed E-state index contributed by atoms with van der Waals surface area (Å²) in [7, 11) is 0. The van der Waals surface area contributed by atoms with Gasteiger partial charge in [0.2, 0.25) is 0 Å². The van der Waals surface area contributed by atoms with Crippen molar-refractivity contribution in [1.29, 1.82) is 0 Å². The molecule has 4 aliphatic heterocycles. The Labute approximate surface area is 111 Å². The zero-order valence-corrected chi connectivity index (χ0v) is 10.9. The first-order chi connectivity index (χ1) is 9.40. The molecule has 1 aromatic rings. The lowest BCUT2D eigenvalue weighted by atomic mass is 10.1. The molecule has 0 aliphatic carbocycles. The number of nitrogens with one attached hydrogen (secondary N) is 1. The van der Waals surface area contributed by atoms with Crippen molar-refractivity contribution in [3.05, 3.63) is 11.7 Å². The third kappa shape index (κ3) is 2.16. The molecule has 0 aromatic carbocycles. The third-order valence-corrected chi connectivity index (χ3v) is 4.24. The maximum atomic E-state index is 5.64. The van der Waals surface area contributed by atoms with E-state index in [0.717, 1.165) is 51.6 Å². The van der Waals surface area contributed by atoms with Gasteiger partial charge in [-0.1, -0.05) is 5.16 Å². The zero-order valence-electron chi connectivity index (χ0n) is 10.9. The summed E-state index contributed by atoms with van der Waals surface area (Å²) in [6.45, 7) is 7.90. The van der Waals surface area contributed by atoms with Gasteiger partial charge in [0, 0.05) is 45.8 Å². The maximum absolute atomic E-state index is 5.64. The minimum Gasteiger partial charge on any atom is -0.366 e. The molecular weight excluding hydrogens is 246 g/mol. The lowest BCUT2D eigenvalue weighted by molar-refractivity contribution is 0.00721. The molecule has 1 aromatic heterocycles. The van der Waals surface area contributed by atoms with E-state index in [4.69, 9.17) is 9.26 Å². The topological polar surface area (TPSA) is 66.7 Å². The number of hydrogen-bond donors (Lipinski definition) is 1. The normalized spacial score (nSPS) is 38.5. The number of nitrogens with zero attached hydrogens (tertiary/aromatic N) is 4. The van der Waals surface area contributed by atoms with E-state index >= 15 is 0 Å². The Bertz CT molecular complexity index is 437.